The molecule has 1 aliphatic heterocycles. The minimum atomic E-state index is -4.57. The van der Waals surface area contributed by atoms with Crippen LogP contribution in [0.3, 0.4) is 0 Å². The number of halogens is 3. The van der Waals surface area contributed by atoms with Gasteiger partial charge in [-0.1, -0.05) is 18.2 Å². The van der Waals surface area contributed by atoms with Crippen LogP contribution in [0, 0.1) is 5.41 Å². The van der Waals surface area contributed by atoms with Crippen molar-refractivity contribution in [2.45, 2.75) is 12.6 Å². The Kier molecular flexibility index (Phi) is 3.20. The molecular weight excluding hydrogens is 281 g/mol. The molecule has 2 heterocycles. The summed E-state index contributed by atoms with van der Waals surface area (Å²) >= 11 is 0. The molecule has 3 rings (SSSR count). The molecule has 2 aromatic rings. The van der Waals surface area contributed by atoms with Crippen molar-refractivity contribution in [2.75, 3.05) is 13.1 Å². The molecule has 1 N–H and O–H groups in total. The maximum Gasteiger partial charge on any atom is 0.402 e. The Morgan fingerprint density at radius 2 is 2.05 bits per heavy atom. The van der Waals surface area contributed by atoms with Gasteiger partial charge in [-0.3, -0.25) is 9.78 Å². The van der Waals surface area contributed by atoms with E-state index in [9.17, 15) is 18.0 Å². The van der Waals surface area contributed by atoms with Crippen molar-refractivity contribution < 1.29 is 18.0 Å². The van der Waals surface area contributed by atoms with Gasteiger partial charge in [0.15, 0.2) is 5.78 Å². The summed E-state index contributed by atoms with van der Waals surface area (Å²) in [5.74, 6) is -0.876. The van der Waals surface area contributed by atoms with Gasteiger partial charge in [0, 0.05) is 23.7 Å². The Morgan fingerprint density at radius 3 is 2.71 bits per heavy atom. The number of ketones is 1. The molecular formula is C15H13F3N2O. The van der Waals surface area contributed by atoms with Crippen molar-refractivity contribution in [1.29, 1.82) is 0 Å². The molecule has 0 radical (unpaired) electrons. The average molecular weight is 294 g/mol. The van der Waals surface area contributed by atoms with Gasteiger partial charge < -0.3 is 5.32 Å². The van der Waals surface area contributed by atoms with E-state index < -0.39 is 17.4 Å². The number of aromatic nitrogens is 1. The molecule has 0 aliphatic carbocycles. The summed E-state index contributed by atoms with van der Waals surface area (Å²) in [6.07, 6.45) is -3.25. The summed E-state index contributed by atoms with van der Waals surface area (Å²) < 4.78 is 40.4. The van der Waals surface area contributed by atoms with Gasteiger partial charge in [0.2, 0.25) is 0 Å². The fraction of sp³-hybridized carbons (Fsp3) is 0.333. The number of carbonyl (C=O) groups is 1. The summed E-state index contributed by atoms with van der Waals surface area (Å²) in [5, 5.41) is 3.12. The van der Waals surface area contributed by atoms with Gasteiger partial charge in [-0.2, -0.15) is 13.2 Å². The highest BCUT2D eigenvalue weighted by molar-refractivity contribution is 6.10. The summed E-state index contributed by atoms with van der Waals surface area (Å²) in [7, 11) is 0. The quantitative estimate of drug-likeness (QED) is 0.866. The van der Waals surface area contributed by atoms with Crippen LogP contribution in [0.2, 0.25) is 0 Å². The van der Waals surface area contributed by atoms with Crippen molar-refractivity contribution >= 4 is 16.7 Å². The number of hydrogen-bond donors (Lipinski definition) is 1. The molecule has 0 spiro atoms. The predicted octanol–water partition coefficient (Wildman–Crippen LogP) is 2.96. The van der Waals surface area contributed by atoms with E-state index in [0.717, 1.165) is 0 Å². The first-order valence-electron chi connectivity index (χ1n) is 6.62. The highest BCUT2D eigenvalue weighted by Crippen LogP contribution is 2.45. The summed E-state index contributed by atoms with van der Waals surface area (Å²) in [6.45, 7) is -0.180. The van der Waals surface area contributed by atoms with E-state index in [2.05, 4.69) is 10.3 Å². The molecule has 21 heavy (non-hydrogen) atoms. The Balaban J connectivity index is 2.16. The second-order valence-corrected chi connectivity index (χ2v) is 5.21. The Morgan fingerprint density at radius 1 is 1.24 bits per heavy atom. The van der Waals surface area contributed by atoms with E-state index in [1.54, 1.807) is 30.5 Å². The molecule has 0 saturated carbocycles. The lowest BCUT2D eigenvalue weighted by Crippen LogP contribution is -2.46. The fourth-order valence-corrected chi connectivity index (χ4v) is 2.82. The number of pyridine rings is 1. The zero-order valence-corrected chi connectivity index (χ0v) is 11.1. The number of rotatable bonds is 2. The second-order valence-electron chi connectivity index (χ2n) is 5.21. The predicted molar refractivity (Wildman–Crippen MR) is 72.0 cm³/mol. The SMILES string of the molecule is O=C(c1cccc2ncccc12)C1(C(F)(F)F)CCNC1. The monoisotopic (exact) mass is 294 g/mol. The van der Waals surface area contributed by atoms with E-state index in [-0.39, 0.29) is 25.1 Å². The molecule has 0 bridgehead atoms. The number of hydrogen-bond acceptors (Lipinski definition) is 3. The molecule has 1 aromatic carbocycles. The maximum absolute atomic E-state index is 13.5. The van der Waals surface area contributed by atoms with E-state index >= 15 is 0 Å². The normalized spacial score (nSPS) is 22.6. The van der Waals surface area contributed by atoms with Crippen molar-refractivity contribution in [3.63, 3.8) is 0 Å². The Hall–Kier alpha value is -1.95. The van der Waals surface area contributed by atoms with Crippen molar-refractivity contribution in [1.82, 2.24) is 10.3 Å². The number of fused-ring (bicyclic) bond motifs is 1. The third-order valence-corrected chi connectivity index (χ3v) is 4.02. The average Bonchev–Trinajstić information content (AvgIpc) is 2.96. The van der Waals surface area contributed by atoms with Gasteiger partial charge in [0.25, 0.3) is 0 Å². The topological polar surface area (TPSA) is 42.0 Å². The van der Waals surface area contributed by atoms with Gasteiger partial charge in [0.05, 0.1) is 5.52 Å². The number of Topliss-reactive ketones (excluding diaryl/α,β-unsaturated/α-hetero) is 1. The Bertz CT molecular complexity index is 685. The smallest absolute Gasteiger partial charge is 0.315 e. The zero-order valence-electron chi connectivity index (χ0n) is 11.1. The van der Waals surface area contributed by atoms with Crippen LogP contribution in [0.4, 0.5) is 13.2 Å². The summed E-state index contributed by atoms with van der Waals surface area (Å²) in [5.41, 5.74) is -1.73. The van der Waals surface area contributed by atoms with Crippen LogP contribution in [0.25, 0.3) is 10.9 Å². The maximum atomic E-state index is 13.5. The number of nitrogens with one attached hydrogen (secondary N) is 1. The summed E-state index contributed by atoms with van der Waals surface area (Å²) in [4.78, 5) is 16.7. The van der Waals surface area contributed by atoms with Gasteiger partial charge in [-0.25, -0.2) is 0 Å². The molecule has 1 saturated heterocycles. The molecule has 1 fully saturated rings. The van der Waals surface area contributed by atoms with Gasteiger partial charge in [0.1, 0.15) is 5.41 Å². The van der Waals surface area contributed by atoms with Crippen molar-refractivity contribution in [3.8, 4) is 0 Å². The highest BCUT2D eigenvalue weighted by Gasteiger charge is 2.61. The lowest BCUT2D eigenvalue weighted by atomic mass is 9.78. The summed E-state index contributed by atoms with van der Waals surface area (Å²) in [6, 6.07) is 7.93. The van der Waals surface area contributed by atoms with Crippen LogP contribution in [-0.4, -0.2) is 30.0 Å². The molecule has 110 valence electrons. The highest BCUT2D eigenvalue weighted by atomic mass is 19.4. The van der Waals surface area contributed by atoms with Crippen LogP contribution in [-0.2, 0) is 0 Å². The van der Waals surface area contributed by atoms with E-state index in [1.807, 2.05) is 0 Å². The second kappa shape index (κ2) is 4.80. The minimum absolute atomic E-state index is 0.0848. The standard InChI is InChI=1S/C15H13F3N2O/c16-15(17,18)14(6-8-19-9-14)13(21)11-3-1-5-12-10(11)4-2-7-20-12/h1-5,7,19H,6,8-9H2. The molecule has 0 amide bonds. The third kappa shape index (κ3) is 2.10. The fourth-order valence-electron chi connectivity index (χ4n) is 2.82. The van der Waals surface area contributed by atoms with E-state index in [4.69, 9.17) is 0 Å². The number of alkyl halides is 3. The lowest BCUT2D eigenvalue weighted by molar-refractivity contribution is -0.197. The van der Waals surface area contributed by atoms with E-state index in [1.165, 1.54) is 6.07 Å². The van der Waals surface area contributed by atoms with Gasteiger partial charge in [-0.15, -0.1) is 0 Å². The minimum Gasteiger partial charge on any atom is -0.315 e. The number of carbonyl (C=O) groups excluding carboxylic acids is 1. The Labute approximate surface area is 119 Å². The zero-order chi connectivity index (χ0) is 15.1. The van der Waals surface area contributed by atoms with Crippen molar-refractivity contribution in [3.05, 3.63) is 42.1 Å². The van der Waals surface area contributed by atoms with Crippen molar-refractivity contribution in [2.24, 2.45) is 5.41 Å². The molecule has 6 heteroatoms. The molecule has 1 atom stereocenters. The molecule has 1 aliphatic rings. The first kappa shape index (κ1) is 14.0. The number of nitrogens with zero attached hydrogens (tertiary/aromatic N) is 1. The van der Waals surface area contributed by atoms with Crippen LogP contribution < -0.4 is 5.32 Å². The molecule has 3 nitrogen and oxygen atoms in total. The number of benzene rings is 1. The van der Waals surface area contributed by atoms with Crippen LogP contribution >= 0.6 is 0 Å². The van der Waals surface area contributed by atoms with Gasteiger partial charge in [-0.05, 0) is 25.1 Å². The lowest BCUT2D eigenvalue weighted by Gasteiger charge is -2.29. The van der Waals surface area contributed by atoms with Crippen LogP contribution in [0.1, 0.15) is 16.8 Å². The molecule has 1 aromatic heterocycles. The van der Waals surface area contributed by atoms with Gasteiger partial charge >= 0.3 is 6.18 Å². The third-order valence-electron chi connectivity index (χ3n) is 4.02. The first-order chi connectivity index (χ1) is 9.96. The molecule has 1 unspecified atom stereocenters. The first-order valence-corrected chi connectivity index (χ1v) is 6.62. The van der Waals surface area contributed by atoms with E-state index in [0.29, 0.717) is 10.9 Å². The largest absolute Gasteiger partial charge is 0.402 e. The van der Waals surface area contributed by atoms with Crippen LogP contribution in [0.5, 0.6) is 0 Å². The van der Waals surface area contributed by atoms with Crippen LogP contribution in [0.15, 0.2) is 36.5 Å².